The van der Waals surface area contributed by atoms with Gasteiger partial charge in [0.25, 0.3) is 5.91 Å². The molecule has 1 fully saturated rings. The molecular weight excluding hydrogens is 346 g/mol. The Labute approximate surface area is 158 Å². The van der Waals surface area contributed by atoms with Crippen molar-refractivity contribution in [2.75, 3.05) is 19.7 Å². The SMILES string of the molecule is Cc1nn(-c2ccccc2)c(C)c1C(=O)OCC(=O)N1C[C@@H](C)O[C@H](C)C1. The van der Waals surface area contributed by atoms with Crippen molar-refractivity contribution in [2.45, 2.75) is 39.9 Å². The molecule has 0 unspecified atom stereocenters. The van der Waals surface area contributed by atoms with Crippen LogP contribution >= 0.6 is 0 Å². The zero-order valence-corrected chi connectivity index (χ0v) is 16.1. The van der Waals surface area contributed by atoms with Crippen LogP contribution in [0.2, 0.25) is 0 Å². The second kappa shape index (κ2) is 7.92. The summed E-state index contributed by atoms with van der Waals surface area (Å²) in [5.74, 6) is -0.744. The normalized spacial score (nSPS) is 19.8. The van der Waals surface area contributed by atoms with E-state index in [1.54, 1.807) is 16.5 Å². The summed E-state index contributed by atoms with van der Waals surface area (Å²) in [6.07, 6.45) is -0.0519. The van der Waals surface area contributed by atoms with E-state index in [4.69, 9.17) is 9.47 Å². The van der Waals surface area contributed by atoms with Crippen LogP contribution in [0, 0.1) is 13.8 Å². The van der Waals surface area contributed by atoms with Gasteiger partial charge in [0.1, 0.15) is 5.56 Å². The third kappa shape index (κ3) is 4.19. The summed E-state index contributed by atoms with van der Waals surface area (Å²) in [6.45, 7) is 8.15. The number of nitrogens with zero attached hydrogens (tertiary/aromatic N) is 3. The Hall–Kier alpha value is -2.67. The van der Waals surface area contributed by atoms with E-state index < -0.39 is 5.97 Å². The fraction of sp³-hybridized carbons (Fsp3) is 0.450. The molecule has 0 aliphatic carbocycles. The van der Waals surface area contributed by atoms with Gasteiger partial charge in [0, 0.05) is 13.1 Å². The van der Waals surface area contributed by atoms with Crippen molar-refractivity contribution in [2.24, 2.45) is 0 Å². The third-order valence-corrected chi connectivity index (χ3v) is 4.60. The molecule has 0 radical (unpaired) electrons. The van der Waals surface area contributed by atoms with Crippen LogP contribution in [0.1, 0.15) is 35.6 Å². The minimum Gasteiger partial charge on any atom is -0.452 e. The standard InChI is InChI=1S/C20H25N3O4/c1-13-10-22(11-14(2)27-13)18(24)12-26-20(25)19-15(3)21-23(16(19)4)17-8-6-5-7-9-17/h5-9,13-14H,10-12H2,1-4H3/t13-,14-/m1/s1. The van der Waals surface area contributed by atoms with E-state index in [-0.39, 0.29) is 24.7 Å². The van der Waals surface area contributed by atoms with Gasteiger partial charge >= 0.3 is 5.97 Å². The minimum atomic E-state index is -0.533. The second-order valence-corrected chi connectivity index (χ2v) is 6.93. The van der Waals surface area contributed by atoms with Crippen LogP contribution in [-0.2, 0) is 14.3 Å². The summed E-state index contributed by atoms with van der Waals surface area (Å²) >= 11 is 0. The molecule has 7 heteroatoms. The molecule has 1 amide bonds. The Morgan fingerprint density at radius 2 is 1.78 bits per heavy atom. The van der Waals surface area contributed by atoms with Gasteiger partial charge < -0.3 is 14.4 Å². The Morgan fingerprint density at radius 1 is 1.15 bits per heavy atom. The number of carbonyl (C=O) groups excluding carboxylic acids is 2. The summed E-state index contributed by atoms with van der Waals surface area (Å²) in [7, 11) is 0. The maximum atomic E-state index is 12.6. The van der Waals surface area contributed by atoms with Gasteiger partial charge in [-0.25, -0.2) is 9.48 Å². The van der Waals surface area contributed by atoms with Gasteiger partial charge in [0.15, 0.2) is 6.61 Å². The first-order valence-corrected chi connectivity index (χ1v) is 9.08. The first kappa shape index (κ1) is 19.1. The van der Waals surface area contributed by atoms with Crippen LogP contribution in [0.15, 0.2) is 30.3 Å². The molecule has 0 N–H and O–H groups in total. The van der Waals surface area contributed by atoms with E-state index in [2.05, 4.69) is 5.10 Å². The van der Waals surface area contributed by atoms with Crippen LogP contribution in [0.4, 0.5) is 0 Å². The number of rotatable bonds is 4. The summed E-state index contributed by atoms with van der Waals surface area (Å²) in [5.41, 5.74) is 2.52. The van der Waals surface area contributed by atoms with E-state index in [1.165, 1.54) is 0 Å². The predicted molar refractivity (Wildman–Crippen MR) is 99.9 cm³/mol. The smallest absolute Gasteiger partial charge is 0.342 e. The molecule has 2 heterocycles. The quantitative estimate of drug-likeness (QED) is 0.771. The van der Waals surface area contributed by atoms with E-state index in [0.29, 0.717) is 30.0 Å². The number of amides is 1. The van der Waals surface area contributed by atoms with Gasteiger partial charge in [-0.3, -0.25) is 4.79 Å². The highest BCUT2D eigenvalue weighted by Gasteiger charge is 2.27. The summed E-state index contributed by atoms with van der Waals surface area (Å²) in [5, 5.41) is 4.44. The average Bonchev–Trinajstić information content (AvgIpc) is 2.93. The van der Waals surface area contributed by atoms with Crippen molar-refractivity contribution in [3.05, 3.63) is 47.3 Å². The predicted octanol–water partition coefficient (Wildman–Crippen LogP) is 2.28. The maximum Gasteiger partial charge on any atom is 0.342 e. The third-order valence-electron chi connectivity index (χ3n) is 4.60. The van der Waals surface area contributed by atoms with Crippen LogP contribution in [-0.4, -0.2) is 58.5 Å². The van der Waals surface area contributed by atoms with Gasteiger partial charge in [0.2, 0.25) is 0 Å². The highest BCUT2D eigenvalue weighted by molar-refractivity contribution is 5.93. The zero-order valence-electron chi connectivity index (χ0n) is 16.1. The molecular formula is C20H25N3O4. The molecule has 2 atom stereocenters. The van der Waals surface area contributed by atoms with Gasteiger partial charge in [-0.2, -0.15) is 5.10 Å². The monoisotopic (exact) mass is 371 g/mol. The number of hydrogen-bond acceptors (Lipinski definition) is 5. The molecule has 1 aliphatic rings. The van der Waals surface area contributed by atoms with Crippen molar-refractivity contribution in [3.8, 4) is 5.69 Å². The summed E-state index contributed by atoms with van der Waals surface area (Å²) in [6, 6.07) is 9.57. The fourth-order valence-electron chi connectivity index (χ4n) is 3.43. The molecule has 0 bridgehead atoms. The molecule has 1 aromatic carbocycles. The number of benzene rings is 1. The Kier molecular flexibility index (Phi) is 5.60. The Bertz CT molecular complexity index is 821. The van der Waals surface area contributed by atoms with Crippen LogP contribution in [0.25, 0.3) is 5.69 Å². The molecule has 2 aromatic rings. The first-order valence-electron chi connectivity index (χ1n) is 9.08. The first-order chi connectivity index (χ1) is 12.9. The van der Waals surface area contributed by atoms with E-state index in [9.17, 15) is 9.59 Å². The number of ether oxygens (including phenoxy) is 2. The number of aromatic nitrogens is 2. The van der Waals surface area contributed by atoms with Crippen molar-refractivity contribution < 1.29 is 19.1 Å². The highest BCUT2D eigenvalue weighted by atomic mass is 16.5. The molecule has 1 aromatic heterocycles. The molecule has 27 heavy (non-hydrogen) atoms. The average molecular weight is 371 g/mol. The van der Waals surface area contributed by atoms with Gasteiger partial charge in [0.05, 0.1) is 29.3 Å². The van der Waals surface area contributed by atoms with Crippen LogP contribution in [0.5, 0.6) is 0 Å². The lowest BCUT2D eigenvalue weighted by Gasteiger charge is -2.35. The van der Waals surface area contributed by atoms with Crippen molar-refractivity contribution in [1.29, 1.82) is 0 Å². The van der Waals surface area contributed by atoms with Crippen molar-refractivity contribution >= 4 is 11.9 Å². The van der Waals surface area contributed by atoms with E-state index >= 15 is 0 Å². The molecule has 144 valence electrons. The number of esters is 1. The number of hydrogen-bond donors (Lipinski definition) is 0. The summed E-state index contributed by atoms with van der Waals surface area (Å²) < 4.78 is 12.6. The minimum absolute atomic E-state index is 0.0259. The van der Waals surface area contributed by atoms with Crippen LogP contribution < -0.4 is 0 Å². The van der Waals surface area contributed by atoms with Gasteiger partial charge in [-0.05, 0) is 39.8 Å². The largest absolute Gasteiger partial charge is 0.452 e. The molecule has 1 saturated heterocycles. The highest BCUT2D eigenvalue weighted by Crippen LogP contribution is 2.19. The number of morpholine rings is 1. The van der Waals surface area contributed by atoms with Crippen LogP contribution in [0.3, 0.4) is 0 Å². The Balaban J connectivity index is 1.68. The molecule has 0 spiro atoms. The number of aryl methyl sites for hydroxylation is 1. The molecule has 1 aliphatic heterocycles. The fourth-order valence-corrected chi connectivity index (χ4v) is 3.43. The van der Waals surface area contributed by atoms with Gasteiger partial charge in [-0.1, -0.05) is 18.2 Å². The van der Waals surface area contributed by atoms with Crippen molar-refractivity contribution in [1.82, 2.24) is 14.7 Å². The second-order valence-electron chi connectivity index (χ2n) is 6.93. The molecule has 7 nitrogen and oxygen atoms in total. The maximum absolute atomic E-state index is 12.6. The topological polar surface area (TPSA) is 73.7 Å². The number of carbonyl (C=O) groups is 2. The molecule has 3 rings (SSSR count). The zero-order chi connectivity index (χ0) is 19.6. The van der Waals surface area contributed by atoms with Crippen molar-refractivity contribution in [3.63, 3.8) is 0 Å². The van der Waals surface area contributed by atoms with E-state index in [0.717, 1.165) is 5.69 Å². The lowest BCUT2D eigenvalue weighted by atomic mass is 10.2. The lowest BCUT2D eigenvalue weighted by molar-refractivity contribution is -0.146. The van der Waals surface area contributed by atoms with Gasteiger partial charge in [-0.15, -0.1) is 0 Å². The Morgan fingerprint density at radius 3 is 2.41 bits per heavy atom. The van der Waals surface area contributed by atoms with E-state index in [1.807, 2.05) is 51.1 Å². The summed E-state index contributed by atoms with van der Waals surface area (Å²) in [4.78, 5) is 26.6. The molecule has 0 saturated carbocycles. The number of para-hydroxylation sites is 1. The lowest BCUT2D eigenvalue weighted by Crippen LogP contribution is -2.49.